The van der Waals surface area contributed by atoms with E-state index in [1.807, 2.05) is 81.4 Å². The van der Waals surface area contributed by atoms with Gasteiger partial charge in [0.05, 0.1) is 12.2 Å². The predicted molar refractivity (Wildman–Crippen MR) is 119 cm³/mol. The van der Waals surface area contributed by atoms with Crippen molar-refractivity contribution < 1.29 is 14.3 Å². The second kappa shape index (κ2) is 9.05. The maximum atomic E-state index is 13.4. The zero-order valence-electron chi connectivity index (χ0n) is 17.1. The second-order valence-electron chi connectivity index (χ2n) is 7.05. The smallest absolute Gasteiger partial charge is 0.341 e. The van der Waals surface area contributed by atoms with E-state index in [-0.39, 0.29) is 18.6 Å². The molecule has 0 aliphatic carbocycles. The Labute approximate surface area is 175 Å². The van der Waals surface area contributed by atoms with Crippen LogP contribution in [0.2, 0.25) is 0 Å². The summed E-state index contributed by atoms with van der Waals surface area (Å²) in [6, 6.07) is 19.0. The number of hydrogen-bond donors (Lipinski definition) is 0. The zero-order valence-corrected chi connectivity index (χ0v) is 18.0. The number of rotatable bonds is 6. The number of aryl methyl sites for hydroxylation is 1. The van der Waals surface area contributed by atoms with Crippen molar-refractivity contribution in [3.63, 3.8) is 0 Å². The van der Waals surface area contributed by atoms with Crippen LogP contribution in [0.5, 0.6) is 0 Å². The molecular weight excluding hydrogens is 382 g/mol. The monoisotopic (exact) mass is 407 g/mol. The molecule has 29 heavy (non-hydrogen) atoms. The summed E-state index contributed by atoms with van der Waals surface area (Å²) < 4.78 is 5.28. The van der Waals surface area contributed by atoms with Crippen LogP contribution in [0.15, 0.2) is 60.7 Å². The molecule has 0 fully saturated rings. The lowest BCUT2D eigenvalue weighted by molar-refractivity contribution is 0.0528. The summed E-state index contributed by atoms with van der Waals surface area (Å²) in [4.78, 5) is 28.7. The highest BCUT2D eigenvalue weighted by Gasteiger charge is 2.29. The fourth-order valence-electron chi connectivity index (χ4n) is 3.06. The van der Waals surface area contributed by atoms with Gasteiger partial charge in [-0.25, -0.2) is 4.79 Å². The number of thiophene rings is 1. The van der Waals surface area contributed by atoms with Gasteiger partial charge < -0.3 is 4.74 Å². The number of ether oxygens (including phenoxy) is 1. The quantitative estimate of drug-likeness (QED) is 0.474. The summed E-state index contributed by atoms with van der Waals surface area (Å²) in [5, 5.41) is 0.614. The molecule has 0 radical (unpaired) electrons. The molecule has 0 saturated heterocycles. The van der Waals surface area contributed by atoms with Gasteiger partial charge in [-0.1, -0.05) is 48.0 Å². The third-order valence-corrected chi connectivity index (χ3v) is 5.70. The van der Waals surface area contributed by atoms with Crippen LogP contribution >= 0.6 is 11.3 Å². The lowest BCUT2D eigenvalue weighted by Crippen LogP contribution is -2.37. The molecule has 0 aliphatic heterocycles. The minimum absolute atomic E-state index is 0.126. The molecule has 0 spiro atoms. The van der Waals surface area contributed by atoms with E-state index in [0.29, 0.717) is 16.1 Å². The Morgan fingerprint density at radius 1 is 1.03 bits per heavy atom. The summed E-state index contributed by atoms with van der Waals surface area (Å²) in [5.74, 6) is -0.546. The van der Waals surface area contributed by atoms with Crippen molar-refractivity contribution in [2.45, 2.75) is 33.7 Å². The third kappa shape index (κ3) is 4.57. The zero-order chi connectivity index (χ0) is 21.0. The number of nitrogens with zero attached hydrogens (tertiary/aromatic N) is 1. The van der Waals surface area contributed by atoms with Gasteiger partial charge in [0, 0.05) is 16.5 Å². The van der Waals surface area contributed by atoms with E-state index in [1.54, 1.807) is 11.8 Å². The Hall–Kier alpha value is -2.92. The van der Waals surface area contributed by atoms with E-state index in [0.717, 1.165) is 16.0 Å². The molecule has 0 saturated carbocycles. The van der Waals surface area contributed by atoms with E-state index in [1.165, 1.54) is 11.3 Å². The van der Waals surface area contributed by atoms with Gasteiger partial charge in [-0.15, -0.1) is 11.3 Å². The highest BCUT2D eigenvalue weighted by molar-refractivity contribution is 7.20. The van der Waals surface area contributed by atoms with Crippen molar-refractivity contribution in [3.05, 3.63) is 77.4 Å². The Morgan fingerprint density at radius 3 is 2.28 bits per heavy atom. The van der Waals surface area contributed by atoms with Gasteiger partial charge in [-0.2, -0.15) is 0 Å². The van der Waals surface area contributed by atoms with Gasteiger partial charge in [0.15, 0.2) is 0 Å². The molecule has 2 aromatic carbocycles. The van der Waals surface area contributed by atoms with E-state index in [9.17, 15) is 9.59 Å². The van der Waals surface area contributed by atoms with Crippen LogP contribution in [-0.2, 0) is 4.74 Å². The van der Waals surface area contributed by atoms with Crippen LogP contribution < -0.4 is 4.90 Å². The van der Waals surface area contributed by atoms with Crippen molar-refractivity contribution >= 4 is 28.2 Å². The van der Waals surface area contributed by atoms with Gasteiger partial charge in [-0.3, -0.25) is 9.69 Å². The normalized spacial score (nSPS) is 10.8. The maximum Gasteiger partial charge on any atom is 0.341 e. The van der Waals surface area contributed by atoms with Crippen LogP contribution in [0.25, 0.3) is 10.4 Å². The van der Waals surface area contributed by atoms with Gasteiger partial charge in [0.1, 0.15) is 5.00 Å². The SMILES string of the molecule is CCOC(=O)c1cc(-c2ccccc2)sc1N(C(=O)c1ccc(C)cc1)C(C)C. The van der Waals surface area contributed by atoms with Gasteiger partial charge >= 0.3 is 5.97 Å². The first-order chi connectivity index (χ1) is 13.9. The molecule has 0 atom stereocenters. The molecule has 3 rings (SSSR count). The van der Waals surface area contributed by atoms with Gasteiger partial charge in [0.2, 0.25) is 0 Å². The number of amides is 1. The van der Waals surface area contributed by atoms with Crippen molar-refractivity contribution in [1.29, 1.82) is 0 Å². The number of anilines is 1. The lowest BCUT2D eigenvalue weighted by atomic mass is 10.1. The molecule has 3 aromatic rings. The van der Waals surface area contributed by atoms with Crippen molar-refractivity contribution in [1.82, 2.24) is 0 Å². The van der Waals surface area contributed by atoms with Crippen molar-refractivity contribution in [2.24, 2.45) is 0 Å². The standard InChI is InChI=1S/C24H25NO3S/c1-5-28-24(27)20-15-21(18-9-7-6-8-10-18)29-23(20)25(16(2)3)22(26)19-13-11-17(4)12-14-19/h6-16H,5H2,1-4H3. The number of carbonyl (C=O) groups excluding carboxylic acids is 2. The van der Waals surface area contributed by atoms with Crippen LogP contribution in [0.3, 0.4) is 0 Å². The summed E-state index contributed by atoms with van der Waals surface area (Å²) >= 11 is 1.43. The van der Waals surface area contributed by atoms with Crippen LogP contribution in [-0.4, -0.2) is 24.5 Å². The molecule has 0 unspecified atom stereocenters. The predicted octanol–water partition coefficient (Wildman–Crippen LogP) is 5.96. The van der Waals surface area contributed by atoms with Gasteiger partial charge in [0.25, 0.3) is 5.91 Å². The fraction of sp³-hybridized carbons (Fsp3) is 0.250. The summed E-state index contributed by atoms with van der Waals surface area (Å²) in [7, 11) is 0. The molecular formula is C24H25NO3S. The number of carbonyl (C=O) groups is 2. The molecule has 0 bridgehead atoms. The van der Waals surface area contributed by atoms with Crippen molar-refractivity contribution in [3.8, 4) is 10.4 Å². The van der Waals surface area contributed by atoms with Crippen LogP contribution in [0.4, 0.5) is 5.00 Å². The molecule has 4 nitrogen and oxygen atoms in total. The summed E-state index contributed by atoms with van der Waals surface area (Å²) in [6.45, 7) is 7.94. The van der Waals surface area contributed by atoms with E-state index >= 15 is 0 Å². The molecule has 0 aliphatic rings. The average Bonchev–Trinajstić information content (AvgIpc) is 3.14. The number of hydrogen-bond acceptors (Lipinski definition) is 4. The van der Waals surface area contributed by atoms with Crippen LogP contribution in [0.1, 0.15) is 47.1 Å². The third-order valence-electron chi connectivity index (χ3n) is 4.52. The first kappa shape index (κ1) is 20.8. The Bertz CT molecular complexity index is 991. The molecule has 5 heteroatoms. The van der Waals surface area contributed by atoms with Gasteiger partial charge in [-0.05, 0) is 51.5 Å². The lowest BCUT2D eigenvalue weighted by Gasteiger charge is -2.26. The molecule has 150 valence electrons. The minimum atomic E-state index is -0.414. The minimum Gasteiger partial charge on any atom is -0.462 e. The molecule has 1 aromatic heterocycles. The average molecular weight is 408 g/mol. The van der Waals surface area contributed by atoms with Crippen LogP contribution in [0, 0.1) is 6.92 Å². The highest BCUT2D eigenvalue weighted by atomic mass is 32.1. The maximum absolute atomic E-state index is 13.4. The van der Waals surface area contributed by atoms with E-state index < -0.39 is 5.97 Å². The summed E-state index contributed by atoms with van der Waals surface area (Å²) in [6.07, 6.45) is 0. The second-order valence-corrected chi connectivity index (χ2v) is 8.08. The molecule has 1 heterocycles. The van der Waals surface area contributed by atoms with E-state index in [2.05, 4.69) is 0 Å². The number of benzene rings is 2. The topological polar surface area (TPSA) is 46.6 Å². The summed E-state index contributed by atoms with van der Waals surface area (Å²) in [5.41, 5.74) is 3.10. The highest BCUT2D eigenvalue weighted by Crippen LogP contribution is 2.39. The van der Waals surface area contributed by atoms with E-state index in [4.69, 9.17) is 4.74 Å². The number of esters is 1. The Balaban J connectivity index is 2.11. The molecule has 0 N–H and O–H groups in total. The largest absolute Gasteiger partial charge is 0.462 e. The fourth-order valence-corrected chi connectivity index (χ4v) is 4.34. The Morgan fingerprint density at radius 2 is 1.69 bits per heavy atom. The first-order valence-corrected chi connectivity index (χ1v) is 10.5. The first-order valence-electron chi connectivity index (χ1n) is 9.69. The Kier molecular flexibility index (Phi) is 6.49. The molecule has 1 amide bonds. The van der Waals surface area contributed by atoms with Crippen molar-refractivity contribution in [2.75, 3.05) is 11.5 Å².